The van der Waals surface area contributed by atoms with E-state index in [2.05, 4.69) is 30.5 Å². The number of oxime groups is 1. The van der Waals surface area contributed by atoms with Crippen LogP contribution < -0.4 is 51.4 Å². The second kappa shape index (κ2) is 12.3. The van der Waals surface area contributed by atoms with E-state index in [-0.39, 0.29) is 74.9 Å². The molecule has 5 heterocycles. The van der Waals surface area contributed by atoms with Gasteiger partial charge >= 0.3 is 29.6 Å². The number of primary amides is 1. The molecular formula is C21H19N10NaO6S3. The number of aromatic nitrogens is 5. The van der Waals surface area contributed by atoms with E-state index >= 15 is 0 Å². The molecule has 1 saturated heterocycles. The fraction of sp³-hybridized carbons (Fsp3) is 0.286. The monoisotopic (exact) mass is 626 g/mol. The number of carbonyl (C=O) groups excluding carboxylic acids is 4. The summed E-state index contributed by atoms with van der Waals surface area (Å²) in [5.74, 6) is -3.33. The van der Waals surface area contributed by atoms with Crippen LogP contribution in [-0.2, 0) is 19.2 Å². The standard InChI is InChI=1S/C21H20N10O6S3.Na/c1-7-3-10(31-21(24-7)27-15(28-31)14(22)32)38-4-8-5-39-18-12(17(34)30(18)13(8)19(35)36)26-16(33)11(29-37-2)9-6-40-20(23)25-9;/h3,6,12,18H,4-5H2,1-2H3,(H2,22,32)(H2,23,25)(H,26,33)(H,35,36);/q;+1/p-1/b29-11-;/t12-,18-;/m1./s1. The molecule has 5 rings (SSSR count). The van der Waals surface area contributed by atoms with Gasteiger partial charge in [-0.15, -0.1) is 40.0 Å². The van der Waals surface area contributed by atoms with Crippen molar-refractivity contribution < 1.29 is 58.7 Å². The first kappa shape index (κ1) is 30.7. The smallest absolute Gasteiger partial charge is 0.543 e. The quantitative estimate of drug-likeness (QED) is 0.0505. The van der Waals surface area contributed by atoms with Gasteiger partial charge in [0.1, 0.15) is 29.2 Å². The number of nitrogen functional groups attached to an aromatic ring is 1. The number of anilines is 1. The Morgan fingerprint density at radius 2 is 2.07 bits per heavy atom. The van der Waals surface area contributed by atoms with E-state index in [1.54, 1.807) is 13.0 Å². The summed E-state index contributed by atoms with van der Waals surface area (Å²) < 4.78 is 1.34. The maximum Gasteiger partial charge on any atom is 1.00 e. The Hall–Kier alpha value is -3.23. The van der Waals surface area contributed by atoms with E-state index < -0.39 is 35.1 Å². The van der Waals surface area contributed by atoms with Gasteiger partial charge in [-0.3, -0.25) is 19.3 Å². The molecule has 2 atom stereocenters. The van der Waals surface area contributed by atoms with Crippen LogP contribution in [0.3, 0.4) is 0 Å². The van der Waals surface area contributed by atoms with Crippen molar-refractivity contribution in [3.05, 3.63) is 39.9 Å². The Labute approximate surface area is 265 Å². The molecule has 0 radical (unpaired) electrons. The van der Waals surface area contributed by atoms with E-state index in [1.165, 1.54) is 40.5 Å². The maximum absolute atomic E-state index is 13.1. The minimum absolute atomic E-state index is 0. The second-order valence-electron chi connectivity index (χ2n) is 8.33. The summed E-state index contributed by atoms with van der Waals surface area (Å²) >= 11 is 3.61. The number of carboxylic acid groups (broad SMARTS) is 1. The molecule has 2 aliphatic heterocycles. The Kier molecular flexibility index (Phi) is 9.24. The fourth-order valence-corrected chi connectivity index (χ4v) is 7.09. The Balaban J connectivity index is 0.00000387. The first-order valence-electron chi connectivity index (χ1n) is 11.3. The van der Waals surface area contributed by atoms with Crippen LogP contribution in [0.2, 0.25) is 0 Å². The minimum Gasteiger partial charge on any atom is -0.543 e. The van der Waals surface area contributed by atoms with Crippen molar-refractivity contribution in [2.24, 2.45) is 10.9 Å². The summed E-state index contributed by atoms with van der Waals surface area (Å²) in [6.45, 7) is 1.73. The average Bonchev–Trinajstić information content (AvgIpc) is 3.54. The number of fused-ring (bicyclic) bond motifs is 2. The molecular weight excluding hydrogens is 607 g/mol. The number of thioether (sulfide) groups is 2. The summed E-state index contributed by atoms with van der Waals surface area (Å²) in [6, 6.07) is 0.689. The van der Waals surface area contributed by atoms with E-state index in [0.29, 0.717) is 16.3 Å². The summed E-state index contributed by atoms with van der Waals surface area (Å²) in [6.07, 6.45) is 0. The van der Waals surface area contributed by atoms with Crippen molar-refractivity contribution in [1.82, 2.24) is 34.8 Å². The molecule has 2 aliphatic rings. The Morgan fingerprint density at radius 1 is 1.32 bits per heavy atom. The Morgan fingerprint density at radius 3 is 2.71 bits per heavy atom. The van der Waals surface area contributed by atoms with Crippen molar-refractivity contribution in [2.75, 3.05) is 24.3 Å². The molecule has 16 nitrogen and oxygen atoms in total. The molecule has 0 unspecified atom stereocenters. The maximum atomic E-state index is 13.1. The van der Waals surface area contributed by atoms with Crippen molar-refractivity contribution in [2.45, 2.75) is 23.4 Å². The molecule has 0 spiro atoms. The molecule has 1 fully saturated rings. The number of β-lactam (4-membered cyclic amide) rings is 1. The number of carboxylic acids is 1. The SMILES string of the molecule is CO/N=C(\C(=O)N[C@@H]1C(=O)N2C(C(=O)[O-])=C(CSc3cc(C)nc4nc(C(N)=O)nn34)CS[C@H]12)c1csc(N)n1.[Na+]. The van der Waals surface area contributed by atoms with E-state index in [1.807, 2.05) is 0 Å². The number of nitrogens with zero attached hydrogens (tertiary/aromatic N) is 7. The van der Waals surface area contributed by atoms with Gasteiger partial charge in [-0.25, -0.2) is 9.97 Å². The average molecular weight is 627 g/mol. The summed E-state index contributed by atoms with van der Waals surface area (Å²) in [7, 11) is 1.25. The first-order valence-corrected chi connectivity index (χ1v) is 14.2. The normalized spacial score (nSPS) is 18.4. The fourth-order valence-electron chi connectivity index (χ4n) is 4.01. The molecule has 0 saturated carbocycles. The number of rotatable bonds is 9. The van der Waals surface area contributed by atoms with Crippen LogP contribution in [-0.4, -0.2) is 88.9 Å². The van der Waals surface area contributed by atoms with Gasteiger partial charge in [0, 0.05) is 22.6 Å². The predicted octanol–water partition coefficient (Wildman–Crippen LogP) is -4.88. The predicted molar refractivity (Wildman–Crippen MR) is 142 cm³/mol. The van der Waals surface area contributed by atoms with Crippen LogP contribution in [0.15, 0.2) is 32.9 Å². The van der Waals surface area contributed by atoms with Gasteiger partial charge in [-0.1, -0.05) is 5.16 Å². The number of aryl methyl sites for hydroxylation is 1. The summed E-state index contributed by atoms with van der Waals surface area (Å²) in [5, 5.41) is 24.1. The molecule has 0 bridgehead atoms. The number of nitrogens with two attached hydrogens (primary N) is 2. The summed E-state index contributed by atoms with van der Waals surface area (Å²) in [5.41, 5.74) is 11.7. The van der Waals surface area contributed by atoms with Crippen molar-refractivity contribution >= 4 is 75.2 Å². The number of hydrogen-bond donors (Lipinski definition) is 3. The topological polar surface area (TPSA) is 236 Å². The van der Waals surface area contributed by atoms with Crippen LogP contribution in [0.4, 0.5) is 5.13 Å². The van der Waals surface area contributed by atoms with Gasteiger partial charge in [-0.2, -0.15) is 9.50 Å². The van der Waals surface area contributed by atoms with E-state index in [9.17, 15) is 24.3 Å². The van der Waals surface area contributed by atoms with Gasteiger partial charge in [0.05, 0.1) is 11.7 Å². The molecule has 41 heavy (non-hydrogen) atoms. The van der Waals surface area contributed by atoms with Crippen LogP contribution >= 0.6 is 34.9 Å². The van der Waals surface area contributed by atoms with Crippen LogP contribution in [0.5, 0.6) is 0 Å². The number of carbonyl (C=O) groups is 4. The zero-order valence-electron chi connectivity index (χ0n) is 21.7. The van der Waals surface area contributed by atoms with Crippen molar-refractivity contribution in [3.63, 3.8) is 0 Å². The van der Waals surface area contributed by atoms with Crippen LogP contribution in [0.1, 0.15) is 22.0 Å². The number of hydrogen-bond acceptors (Lipinski definition) is 15. The third-order valence-corrected chi connectivity index (χ3v) is 8.80. The molecule has 0 aromatic carbocycles. The zero-order chi connectivity index (χ0) is 28.7. The molecule has 3 aromatic heterocycles. The third-order valence-electron chi connectivity index (χ3n) is 5.71. The largest absolute Gasteiger partial charge is 1.00 e. The van der Waals surface area contributed by atoms with Crippen molar-refractivity contribution in [3.8, 4) is 0 Å². The first-order chi connectivity index (χ1) is 19.1. The molecule has 208 valence electrons. The molecule has 5 N–H and O–H groups in total. The number of amides is 3. The van der Waals surface area contributed by atoms with Gasteiger partial charge in [0.15, 0.2) is 10.8 Å². The third kappa shape index (κ3) is 5.90. The minimum atomic E-state index is -1.52. The number of thiazole rings is 1. The van der Waals surface area contributed by atoms with Gasteiger partial charge in [-0.05, 0) is 18.6 Å². The molecule has 3 amide bonds. The van der Waals surface area contributed by atoms with Crippen LogP contribution in [0, 0.1) is 6.92 Å². The molecule has 20 heteroatoms. The van der Waals surface area contributed by atoms with Gasteiger partial charge in [0.25, 0.3) is 23.5 Å². The van der Waals surface area contributed by atoms with E-state index in [4.69, 9.17) is 16.3 Å². The van der Waals surface area contributed by atoms with Crippen molar-refractivity contribution in [1.29, 1.82) is 0 Å². The molecule has 0 aliphatic carbocycles. The zero-order valence-corrected chi connectivity index (χ0v) is 26.1. The Bertz CT molecular complexity index is 1640. The number of aliphatic carboxylic acids is 1. The second-order valence-corrected chi connectivity index (χ2v) is 11.3. The van der Waals surface area contributed by atoms with Gasteiger partial charge in [0.2, 0.25) is 5.82 Å². The molecule has 3 aromatic rings. The van der Waals surface area contributed by atoms with Gasteiger partial charge < -0.3 is 31.5 Å². The van der Waals surface area contributed by atoms with Crippen LogP contribution in [0.25, 0.3) is 5.78 Å². The summed E-state index contributed by atoms with van der Waals surface area (Å²) in [4.78, 5) is 67.7. The number of nitrogens with one attached hydrogen (secondary N) is 1. The van der Waals surface area contributed by atoms with E-state index in [0.717, 1.165) is 16.2 Å².